The van der Waals surface area contributed by atoms with Gasteiger partial charge in [0.25, 0.3) is 0 Å². The smallest absolute Gasteiger partial charge is 0.0840 e. The molecule has 3 aliphatic rings. The molecule has 3 N–H and O–H groups in total. The highest BCUT2D eigenvalue weighted by molar-refractivity contribution is 5.57. The van der Waals surface area contributed by atoms with E-state index in [4.69, 9.17) is 0 Å². The first kappa shape index (κ1) is 23.2. The number of aliphatic hydroxyl groups excluding tert-OH is 2. The third kappa shape index (κ3) is 4.57. The van der Waals surface area contributed by atoms with Crippen LogP contribution in [0.15, 0.2) is 65.3 Å². The van der Waals surface area contributed by atoms with Crippen LogP contribution in [0, 0.1) is 11.3 Å². The maximum Gasteiger partial charge on any atom is 0.0840 e. The van der Waals surface area contributed by atoms with Gasteiger partial charge in [-0.1, -0.05) is 67.1 Å². The summed E-state index contributed by atoms with van der Waals surface area (Å²) < 4.78 is 0. The summed E-state index contributed by atoms with van der Waals surface area (Å²) in [5.41, 5.74) is 6.27. The Morgan fingerprint density at radius 2 is 1.81 bits per heavy atom. The van der Waals surface area contributed by atoms with Crippen LogP contribution in [0.3, 0.4) is 0 Å². The summed E-state index contributed by atoms with van der Waals surface area (Å²) in [5.74, 6) is 0.543. The van der Waals surface area contributed by atoms with Crippen molar-refractivity contribution in [1.82, 2.24) is 0 Å². The zero-order valence-corrected chi connectivity index (χ0v) is 19.8. The number of hydrogen-bond acceptors (Lipinski definition) is 3. The highest BCUT2D eigenvalue weighted by atomic mass is 16.3. The number of fused-ring (bicyclic) bond motifs is 1. The van der Waals surface area contributed by atoms with Crippen molar-refractivity contribution in [2.45, 2.75) is 83.5 Å². The second-order valence-electron chi connectivity index (χ2n) is 10.8. The molecule has 3 saturated carbocycles. The minimum atomic E-state index is -0.816. The Labute approximate surface area is 192 Å². The molecule has 172 valence electrons. The van der Waals surface area contributed by atoms with Crippen LogP contribution in [-0.2, 0) is 5.60 Å². The van der Waals surface area contributed by atoms with Crippen molar-refractivity contribution in [1.29, 1.82) is 0 Å². The van der Waals surface area contributed by atoms with E-state index in [1.165, 1.54) is 36.0 Å². The fourth-order valence-corrected chi connectivity index (χ4v) is 5.98. The van der Waals surface area contributed by atoms with Crippen molar-refractivity contribution in [3.63, 3.8) is 0 Å². The van der Waals surface area contributed by atoms with E-state index in [2.05, 4.69) is 43.9 Å². The first-order chi connectivity index (χ1) is 15.1. The third-order valence-electron chi connectivity index (χ3n) is 8.04. The zero-order valence-electron chi connectivity index (χ0n) is 19.8. The van der Waals surface area contributed by atoms with E-state index in [-0.39, 0.29) is 5.41 Å². The lowest BCUT2D eigenvalue weighted by atomic mass is 9.65. The minimum Gasteiger partial charge on any atom is -0.393 e. The average Bonchev–Trinajstić information content (AvgIpc) is 3.06. The summed E-state index contributed by atoms with van der Waals surface area (Å²) in [6, 6.07) is 8.29. The van der Waals surface area contributed by atoms with Gasteiger partial charge in [0, 0.05) is 6.42 Å². The van der Waals surface area contributed by atoms with Crippen LogP contribution in [0.5, 0.6) is 0 Å². The van der Waals surface area contributed by atoms with Gasteiger partial charge in [0.2, 0.25) is 0 Å². The number of hydrogen-bond donors (Lipinski definition) is 3. The van der Waals surface area contributed by atoms with Gasteiger partial charge in [0.1, 0.15) is 0 Å². The molecular weight excluding hydrogens is 396 g/mol. The van der Waals surface area contributed by atoms with Crippen LogP contribution in [0.4, 0.5) is 0 Å². The molecule has 4 rings (SSSR count). The van der Waals surface area contributed by atoms with Crippen molar-refractivity contribution >= 4 is 6.08 Å². The molecule has 0 saturated heterocycles. The molecule has 3 aliphatic carbocycles. The molecular formula is C29H38O3. The van der Waals surface area contributed by atoms with E-state index >= 15 is 0 Å². The third-order valence-corrected chi connectivity index (χ3v) is 8.04. The maximum absolute atomic E-state index is 10.2. The molecule has 1 aromatic rings. The Kier molecular flexibility index (Phi) is 6.37. The second-order valence-corrected chi connectivity index (χ2v) is 10.8. The molecule has 0 unspecified atom stereocenters. The summed E-state index contributed by atoms with van der Waals surface area (Å²) >= 11 is 0. The first-order valence-electron chi connectivity index (χ1n) is 12.1. The van der Waals surface area contributed by atoms with Crippen molar-refractivity contribution in [3.8, 4) is 0 Å². The van der Waals surface area contributed by atoms with Crippen LogP contribution >= 0.6 is 0 Å². The van der Waals surface area contributed by atoms with Gasteiger partial charge >= 0.3 is 0 Å². The summed E-state index contributed by atoms with van der Waals surface area (Å²) in [4.78, 5) is 0. The van der Waals surface area contributed by atoms with Gasteiger partial charge in [-0.05, 0) is 86.0 Å². The van der Waals surface area contributed by atoms with Gasteiger partial charge < -0.3 is 15.3 Å². The normalized spacial score (nSPS) is 35.0. The summed E-state index contributed by atoms with van der Waals surface area (Å²) in [7, 11) is 0. The standard InChI is InChI=1S/C29H38O3/c1-19-22(17-25(30)18-27(19)31)10-9-21-6-5-15-29(4)24(13-14-26(21)29)16-20-7-11-23(12-8-20)28(2,3)32/h7-12,16,25-27,30-32H,1,5-6,13-15,17-18H2,2-4H3/b21-9+,22-10-,24-16-/t25-,26+,27+,29-/m1/s1. The molecule has 1 aromatic carbocycles. The van der Waals surface area contributed by atoms with Gasteiger partial charge in [-0.2, -0.15) is 0 Å². The Morgan fingerprint density at radius 1 is 1.09 bits per heavy atom. The quantitative estimate of drug-likeness (QED) is 0.561. The highest BCUT2D eigenvalue weighted by Gasteiger charge is 2.45. The summed E-state index contributed by atoms with van der Waals surface area (Å²) in [6.07, 6.45) is 12.4. The number of allylic oxidation sites excluding steroid dienone is 4. The van der Waals surface area contributed by atoms with E-state index in [0.29, 0.717) is 18.8 Å². The average molecular weight is 435 g/mol. The fourth-order valence-electron chi connectivity index (χ4n) is 5.98. The molecule has 3 fully saturated rings. The Balaban J connectivity index is 1.57. The van der Waals surface area contributed by atoms with E-state index in [1.807, 2.05) is 26.0 Å². The van der Waals surface area contributed by atoms with Crippen LogP contribution in [0.25, 0.3) is 6.08 Å². The second kappa shape index (κ2) is 8.78. The lowest BCUT2D eigenvalue weighted by Gasteiger charge is -2.39. The Morgan fingerprint density at radius 3 is 2.50 bits per heavy atom. The topological polar surface area (TPSA) is 60.7 Å². The molecule has 0 bridgehead atoms. The van der Waals surface area contributed by atoms with Gasteiger partial charge in [-0.15, -0.1) is 0 Å². The predicted octanol–water partition coefficient (Wildman–Crippen LogP) is 5.82. The molecule has 0 aromatic heterocycles. The molecule has 0 aliphatic heterocycles. The van der Waals surface area contributed by atoms with E-state index < -0.39 is 17.8 Å². The largest absolute Gasteiger partial charge is 0.393 e. The molecule has 0 heterocycles. The molecule has 0 radical (unpaired) electrons. The Bertz CT molecular complexity index is 957. The lowest BCUT2D eigenvalue weighted by molar-refractivity contribution is 0.0785. The van der Waals surface area contributed by atoms with Crippen molar-refractivity contribution in [2.75, 3.05) is 0 Å². The maximum atomic E-state index is 10.2. The number of aliphatic hydroxyl groups is 3. The molecule has 3 nitrogen and oxygen atoms in total. The Hall–Kier alpha value is -1.94. The predicted molar refractivity (Wildman–Crippen MR) is 131 cm³/mol. The fraction of sp³-hybridized carbons (Fsp3) is 0.517. The van der Waals surface area contributed by atoms with Crippen LogP contribution < -0.4 is 0 Å². The molecule has 4 atom stereocenters. The van der Waals surface area contributed by atoms with Crippen molar-refractivity contribution in [3.05, 3.63) is 76.4 Å². The van der Waals surface area contributed by atoms with E-state index in [0.717, 1.165) is 29.6 Å². The SMILES string of the molecule is C=C1/C(=C\C=C2/CCC[C@]3(C)/C(=C\c4ccc(C(C)(C)O)cc4)CC[C@@H]23)C[C@@H](O)C[C@@H]1O. The van der Waals surface area contributed by atoms with Gasteiger partial charge in [-0.3, -0.25) is 0 Å². The highest BCUT2D eigenvalue weighted by Crippen LogP contribution is 2.57. The minimum absolute atomic E-state index is 0.181. The zero-order chi connectivity index (χ0) is 23.1. The number of benzene rings is 1. The number of rotatable bonds is 3. The van der Waals surface area contributed by atoms with Gasteiger partial charge in [0.05, 0.1) is 17.8 Å². The van der Waals surface area contributed by atoms with Gasteiger partial charge in [-0.25, -0.2) is 0 Å². The molecule has 0 amide bonds. The lowest BCUT2D eigenvalue weighted by Crippen LogP contribution is -2.29. The molecule has 0 spiro atoms. The van der Waals surface area contributed by atoms with Crippen molar-refractivity contribution < 1.29 is 15.3 Å². The summed E-state index contributed by atoms with van der Waals surface area (Å²) in [5, 5.41) is 30.4. The van der Waals surface area contributed by atoms with E-state index in [9.17, 15) is 15.3 Å². The van der Waals surface area contributed by atoms with Crippen LogP contribution in [0.2, 0.25) is 0 Å². The van der Waals surface area contributed by atoms with Crippen molar-refractivity contribution in [2.24, 2.45) is 11.3 Å². The summed E-state index contributed by atoms with van der Waals surface area (Å²) in [6.45, 7) is 10.1. The monoisotopic (exact) mass is 434 g/mol. The first-order valence-corrected chi connectivity index (χ1v) is 12.1. The van der Waals surface area contributed by atoms with Crippen LogP contribution in [-0.4, -0.2) is 27.5 Å². The molecule has 3 heteroatoms. The van der Waals surface area contributed by atoms with Crippen LogP contribution in [0.1, 0.15) is 76.8 Å². The van der Waals surface area contributed by atoms with Gasteiger partial charge in [0.15, 0.2) is 0 Å². The molecule has 32 heavy (non-hydrogen) atoms. The van der Waals surface area contributed by atoms with E-state index in [1.54, 1.807) is 0 Å².